The van der Waals surface area contributed by atoms with Crippen LogP contribution in [-0.2, 0) is 7.05 Å². The summed E-state index contributed by atoms with van der Waals surface area (Å²) in [6.45, 7) is 4.15. The summed E-state index contributed by atoms with van der Waals surface area (Å²) >= 11 is 0. The first-order valence-electron chi connectivity index (χ1n) is 5.74. The van der Waals surface area contributed by atoms with Gasteiger partial charge in [-0.1, -0.05) is 12.1 Å². The third kappa shape index (κ3) is 1.46. The van der Waals surface area contributed by atoms with E-state index in [-0.39, 0.29) is 0 Å². The van der Waals surface area contributed by atoms with Crippen molar-refractivity contribution in [2.75, 3.05) is 0 Å². The van der Waals surface area contributed by atoms with Gasteiger partial charge in [0.15, 0.2) is 0 Å². The average molecular weight is 225 g/mol. The Kier molecular flexibility index (Phi) is 2.08. The Hall–Kier alpha value is -2.03. The van der Waals surface area contributed by atoms with Crippen LogP contribution in [0.4, 0.5) is 0 Å². The van der Waals surface area contributed by atoms with Crippen molar-refractivity contribution in [1.29, 1.82) is 0 Å². The zero-order chi connectivity index (χ0) is 12.0. The number of hydrogen-bond acceptors (Lipinski definition) is 1. The first-order valence-corrected chi connectivity index (χ1v) is 5.74. The van der Waals surface area contributed by atoms with Gasteiger partial charge in [0.1, 0.15) is 5.82 Å². The smallest absolute Gasteiger partial charge is 0.135 e. The number of fused-ring (bicyclic) bond motifs is 1. The summed E-state index contributed by atoms with van der Waals surface area (Å²) in [6, 6.07) is 10.6. The molecule has 86 valence electrons. The van der Waals surface area contributed by atoms with E-state index in [1.807, 2.05) is 18.7 Å². The number of aryl methyl sites for hydroxylation is 3. The third-order valence-electron chi connectivity index (χ3n) is 3.18. The molecular formula is C14H15N3. The molecule has 0 saturated carbocycles. The summed E-state index contributed by atoms with van der Waals surface area (Å²) in [5.74, 6) is 1.10. The maximum absolute atomic E-state index is 4.39. The van der Waals surface area contributed by atoms with E-state index in [4.69, 9.17) is 0 Å². The largest absolute Gasteiger partial charge is 0.301 e. The fourth-order valence-corrected chi connectivity index (χ4v) is 2.34. The van der Waals surface area contributed by atoms with Gasteiger partial charge in [0.2, 0.25) is 0 Å². The van der Waals surface area contributed by atoms with Crippen LogP contribution in [0.25, 0.3) is 16.7 Å². The second kappa shape index (κ2) is 3.48. The lowest BCUT2D eigenvalue weighted by atomic mass is 10.1. The Morgan fingerprint density at radius 2 is 1.94 bits per heavy atom. The lowest BCUT2D eigenvalue weighted by Crippen LogP contribution is -2.01. The number of aromatic nitrogens is 3. The molecule has 0 radical (unpaired) electrons. The van der Waals surface area contributed by atoms with E-state index >= 15 is 0 Å². The molecule has 3 aromatic rings. The molecule has 3 heteroatoms. The fraction of sp³-hybridized carbons (Fsp3) is 0.214. The minimum Gasteiger partial charge on any atom is -0.301 e. The number of nitrogens with zero attached hydrogens (tertiary/aromatic N) is 3. The van der Waals surface area contributed by atoms with E-state index in [9.17, 15) is 0 Å². The molecule has 0 aliphatic carbocycles. The Balaban J connectivity index is 2.32. The lowest BCUT2D eigenvalue weighted by Gasteiger charge is -2.05. The number of rotatable bonds is 1. The maximum atomic E-state index is 4.39. The summed E-state index contributed by atoms with van der Waals surface area (Å²) in [7, 11) is 1.98. The topological polar surface area (TPSA) is 22.8 Å². The summed E-state index contributed by atoms with van der Waals surface area (Å²) in [4.78, 5) is 0. The Morgan fingerprint density at radius 1 is 1.12 bits per heavy atom. The van der Waals surface area contributed by atoms with Crippen LogP contribution in [0.3, 0.4) is 0 Å². The molecule has 0 fully saturated rings. The molecule has 0 spiro atoms. The van der Waals surface area contributed by atoms with Crippen molar-refractivity contribution in [3.05, 3.63) is 47.8 Å². The monoisotopic (exact) mass is 225 g/mol. The van der Waals surface area contributed by atoms with Gasteiger partial charge >= 0.3 is 0 Å². The molecule has 17 heavy (non-hydrogen) atoms. The molecule has 0 bridgehead atoms. The molecule has 0 saturated heterocycles. The minimum atomic E-state index is 1.04. The van der Waals surface area contributed by atoms with Crippen molar-refractivity contribution >= 4 is 10.9 Å². The lowest BCUT2D eigenvalue weighted by molar-refractivity contribution is 0.728. The molecule has 0 unspecified atom stereocenters. The highest BCUT2D eigenvalue weighted by Crippen LogP contribution is 2.23. The Bertz CT molecular complexity index is 689. The molecule has 3 nitrogen and oxygen atoms in total. The number of hydrogen-bond donors (Lipinski definition) is 0. The van der Waals surface area contributed by atoms with Crippen molar-refractivity contribution in [3.63, 3.8) is 0 Å². The molecule has 0 aliphatic heterocycles. The quantitative estimate of drug-likeness (QED) is 0.624. The van der Waals surface area contributed by atoms with Crippen LogP contribution in [-0.4, -0.2) is 14.3 Å². The van der Waals surface area contributed by atoms with E-state index < -0.39 is 0 Å². The van der Waals surface area contributed by atoms with Crippen LogP contribution in [0.1, 0.15) is 11.3 Å². The summed E-state index contributed by atoms with van der Waals surface area (Å²) < 4.78 is 4.10. The average Bonchev–Trinajstić information content (AvgIpc) is 2.83. The van der Waals surface area contributed by atoms with Crippen molar-refractivity contribution in [1.82, 2.24) is 14.3 Å². The zero-order valence-corrected chi connectivity index (χ0v) is 10.3. The van der Waals surface area contributed by atoms with Crippen molar-refractivity contribution in [2.45, 2.75) is 13.8 Å². The summed E-state index contributed by atoms with van der Waals surface area (Å²) in [5, 5.41) is 5.69. The van der Waals surface area contributed by atoms with E-state index in [2.05, 4.69) is 53.1 Å². The SMILES string of the molecule is Cc1cc(-n2ccc3c(C)cccc32)n(C)n1. The van der Waals surface area contributed by atoms with Gasteiger partial charge in [0.05, 0.1) is 11.2 Å². The zero-order valence-electron chi connectivity index (χ0n) is 10.3. The highest BCUT2D eigenvalue weighted by atomic mass is 15.3. The van der Waals surface area contributed by atoms with Crippen LogP contribution in [0.5, 0.6) is 0 Å². The maximum Gasteiger partial charge on any atom is 0.135 e. The van der Waals surface area contributed by atoms with Crippen LogP contribution >= 0.6 is 0 Å². The highest BCUT2D eigenvalue weighted by molar-refractivity contribution is 5.84. The first kappa shape index (κ1) is 10.1. The van der Waals surface area contributed by atoms with E-state index in [1.54, 1.807) is 0 Å². The first-order chi connectivity index (χ1) is 8.16. The van der Waals surface area contributed by atoms with Crippen molar-refractivity contribution in [2.24, 2.45) is 7.05 Å². The predicted octanol–water partition coefficient (Wildman–Crippen LogP) is 2.98. The van der Waals surface area contributed by atoms with Crippen LogP contribution < -0.4 is 0 Å². The van der Waals surface area contributed by atoms with Crippen molar-refractivity contribution in [3.8, 4) is 5.82 Å². The van der Waals surface area contributed by atoms with E-state index in [1.165, 1.54) is 16.5 Å². The molecule has 3 rings (SSSR count). The van der Waals surface area contributed by atoms with Crippen LogP contribution in [0, 0.1) is 13.8 Å². The normalized spacial score (nSPS) is 11.2. The van der Waals surface area contributed by atoms with E-state index in [0.717, 1.165) is 11.5 Å². The van der Waals surface area contributed by atoms with Crippen molar-refractivity contribution < 1.29 is 0 Å². The predicted molar refractivity (Wildman–Crippen MR) is 69.5 cm³/mol. The second-order valence-electron chi connectivity index (χ2n) is 4.46. The van der Waals surface area contributed by atoms with Gasteiger partial charge in [-0.2, -0.15) is 5.10 Å². The highest BCUT2D eigenvalue weighted by Gasteiger charge is 2.08. The summed E-state index contributed by atoms with van der Waals surface area (Å²) in [6.07, 6.45) is 2.11. The molecule has 2 aromatic heterocycles. The van der Waals surface area contributed by atoms with Gasteiger partial charge < -0.3 is 4.57 Å². The molecule has 0 aliphatic rings. The van der Waals surface area contributed by atoms with Gasteiger partial charge in [-0.15, -0.1) is 0 Å². The minimum absolute atomic E-state index is 1.04. The fourth-order valence-electron chi connectivity index (χ4n) is 2.34. The molecule has 1 aromatic carbocycles. The molecular weight excluding hydrogens is 210 g/mol. The molecule has 2 heterocycles. The van der Waals surface area contributed by atoms with Gasteiger partial charge in [-0.3, -0.25) is 4.68 Å². The Labute approximate surface area is 100 Å². The Morgan fingerprint density at radius 3 is 2.65 bits per heavy atom. The van der Waals surface area contributed by atoms with E-state index in [0.29, 0.717) is 0 Å². The third-order valence-corrected chi connectivity index (χ3v) is 3.18. The molecule has 0 N–H and O–H groups in total. The van der Waals surface area contributed by atoms with Gasteiger partial charge in [-0.25, -0.2) is 0 Å². The summed E-state index contributed by atoms with van der Waals surface area (Å²) in [5.41, 5.74) is 3.57. The van der Waals surface area contributed by atoms with Crippen LogP contribution in [0.15, 0.2) is 36.5 Å². The number of benzene rings is 1. The second-order valence-corrected chi connectivity index (χ2v) is 4.46. The standard InChI is InChI=1S/C14H15N3/c1-10-5-4-6-13-12(10)7-8-17(13)14-9-11(2)15-16(14)3/h4-9H,1-3H3. The van der Waals surface area contributed by atoms with Gasteiger partial charge in [0, 0.05) is 24.7 Å². The van der Waals surface area contributed by atoms with Crippen LogP contribution in [0.2, 0.25) is 0 Å². The molecule has 0 amide bonds. The van der Waals surface area contributed by atoms with Gasteiger partial charge in [0.25, 0.3) is 0 Å². The van der Waals surface area contributed by atoms with Gasteiger partial charge in [-0.05, 0) is 31.5 Å². The molecule has 0 atom stereocenters.